The second-order valence-electron chi connectivity index (χ2n) is 8.18. The van der Waals surface area contributed by atoms with E-state index in [1.54, 1.807) is 42.6 Å². The van der Waals surface area contributed by atoms with Crippen LogP contribution in [0.25, 0.3) is 10.9 Å². The fourth-order valence-electron chi connectivity index (χ4n) is 4.08. The number of rotatable bonds is 5. The highest BCUT2D eigenvalue weighted by molar-refractivity contribution is 6.05. The van der Waals surface area contributed by atoms with Gasteiger partial charge in [-0.3, -0.25) is 9.78 Å². The maximum atomic E-state index is 12.7. The van der Waals surface area contributed by atoms with Crippen LogP contribution in [0.1, 0.15) is 33.8 Å². The Kier molecular flexibility index (Phi) is 5.78. The Bertz CT molecular complexity index is 1490. The summed E-state index contributed by atoms with van der Waals surface area (Å²) in [5, 5.41) is 23.3. The van der Waals surface area contributed by atoms with Crippen molar-refractivity contribution in [3.63, 3.8) is 0 Å². The van der Waals surface area contributed by atoms with Gasteiger partial charge < -0.3 is 19.9 Å². The van der Waals surface area contributed by atoms with Gasteiger partial charge in [0.15, 0.2) is 0 Å². The molecule has 0 bridgehead atoms. The quantitative estimate of drug-likeness (QED) is 0.347. The maximum absolute atomic E-state index is 12.7. The lowest BCUT2D eigenvalue weighted by molar-refractivity contribution is 0.102. The predicted molar refractivity (Wildman–Crippen MR) is 132 cm³/mol. The Morgan fingerprint density at radius 3 is 2.74 bits per heavy atom. The van der Waals surface area contributed by atoms with Gasteiger partial charge in [-0.1, -0.05) is 24.8 Å². The summed E-state index contributed by atoms with van der Waals surface area (Å²) in [5.74, 6) is 0.823. The Hall–Kier alpha value is -4.83. The van der Waals surface area contributed by atoms with E-state index in [-0.39, 0.29) is 17.6 Å². The molecule has 35 heavy (non-hydrogen) atoms. The van der Waals surface area contributed by atoms with Gasteiger partial charge in [-0.05, 0) is 48.9 Å². The van der Waals surface area contributed by atoms with E-state index < -0.39 is 0 Å². The molecule has 5 rings (SSSR count). The van der Waals surface area contributed by atoms with Crippen LogP contribution >= 0.6 is 0 Å². The molecule has 2 N–H and O–H groups in total. The topological polar surface area (TPSA) is 104 Å². The predicted octanol–water partition coefficient (Wildman–Crippen LogP) is 6.09. The summed E-state index contributed by atoms with van der Waals surface area (Å²) in [6.07, 6.45) is 2.21. The summed E-state index contributed by atoms with van der Waals surface area (Å²) >= 11 is 0. The molecule has 0 saturated heterocycles. The smallest absolute Gasteiger partial charge is 0.255 e. The second kappa shape index (κ2) is 9.20. The molecule has 7 nitrogen and oxygen atoms in total. The Morgan fingerprint density at radius 2 is 1.97 bits per heavy atom. The molecule has 7 heteroatoms. The Balaban J connectivity index is 1.33. The molecule has 1 aliphatic rings. The van der Waals surface area contributed by atoms with E-state index in [1.165, 1.54) is 0 Å². The third kappa shape index (κ3) is 4.50. The van der Waals surface area contributed by atoms with Crippen LogP contribution in [-0.4, -0.2) is 22.6 Å². The summed E-state index contributed by atoms with van der Waals surface area (Å²) < 4.78 is 11.7. The Labute approximate surface area is 201 Å². The molecule has 1 unspecified atom stereocenters. The van der Waals surface area contributed by atoms with Crippen LogP contribution in [0.4, 0.5) is 5.69 Å². The third-order valence-electron chi connectivity index (χ3n) is 5.87. The average molecular weight is 463 g/mol. The molecule has 0 aliphatic carbocycles. The molecule has 0 saturated carbocycles. The van der Waals surface area contributed by atoms with Gasteiger partial charge in [0.2, 0.25) is 0 Å². The lowest BCUT2D eigenvalue weighted by atomic mass is 9.90. The first-order valence-corrected chi connectivity index (χ1v) is 11.0. The number of pyridine rings is 1. The first-order valence-electron chi connectivity index (χ1n) is 11.0. The summed E-state index contributed by atoms with van der Waals surface area (Å²) in [5.41, 5.74) is 2.93. The fraction of sp³-hybridized carbons (Fsp3) is 0.107. The van der Waals surface area contributed by atoms with Crippen molar-refractivity contribution in [2.75, 3.05) is 11.9 Å². The van der Waals surface area contributed by atoms with Gasteiger partial charge in [0.1, 0.15) is 23.3 Å². The molecule has 0 radical (unpaired) electrons. The number of benzene rings is 3. The highest BCUT2D eigenvalue weighted by Gasteiger charge is 2.26. The molecule has 1 amide bonds. The standard InChI is InChI=1S/C28H21N3O4/c1-17(32)23-10-11-34-27-14-26(20(15-29)13-24(23)27)35-22-8-6-18(7-9-22)28(33)31-21-12-19-4-2-3-5-25(19)30-16-21/h2-9,12-14,16,23,32H,1,10-11H2,(H,31,33). The minimum absolute atomic E-state index is 0.0421. The fourth-order valence-corrected chi connectivity index (χ4v) is 4.08. The van der Waals surface area contributed by atoms with Crippen molar-refractivity contribution in [3.05, 3.63) is 102 Å². The number of aliphatic hydroxyl groups is 1. The number of aliphatic hydroxyl groups excluding tert-OH is 1. The number of hydrogen-bond donors (Lipinski definition) is 2. The van der Waals surface area contributed by atoms with Gasteiger partial charge in [0, 0.05) is 28.5 Å². The van der Waals surface area contributed by atoms with Crippen molar-refractivity contribution in [2.45, 2.75) is 12.3 Å². The van der Waals surface area contributed by atoms with E-state index in [1.807, 2.05) is 30.3 Å². The van der Waals surface area contributed by atoms with Crippen molar-refractivity contribution in [3.8, 4) is 23.3 Å². The first kappa shape index (κ1) is 22.0. The summed E-state index contributed by atoms with van der Waals surface area (Å²) in [6.45, 7) is 4.06. The number of carbonyl (C=O) groups excluding carboxylic acids is 1. The number of carbonyl (C=O) groups is 1. The molecule has 2 heterocycles. The molecule has 0 spiro atoms. The first-order chi connectivity index (χ1) is 17.0. The van der Waals surface area contributed by atoms with Gasteiger partial charge in [0.25, 0.3) is 5.91 Å². The van der Waals surface area contributed by atoms with Crippen molar-refractivity contribution in [1.29, 1.82) is 5.26 Å². The normalized spacial score (nSPS) is 14.3. The van der Waals surface area contributed by atoms with E-state index in [0.29, 0.717) is 52.7 Å². The van der Waals surface area contributed by atoms with Crippen molar-refractivity contribution >= 4 is 22.5 Å². The zero-order valence-corrected chi connectivity index (χ0v) is 18.7. The van der Waals surface area contributed by atoms with Crippen molar-refractivity contribution < 1.29 is 19.4 Å². The number of nitrogens with zero attached hydrogens (tertiary/aromatic N) is 2. The van der Waals surface area contributed by atoms with E-state index in [9.17, 15) is 15.2 Å². The van der Waals surface area contributed by atoms with E-state index in [0.717, 1.165) is 10.9 Å². The summed E-state index contributed by atoms with van der Waals surface area (Å²) in [6, 6.07) is 21.6. The lowest BCUT2D eigenvalue weighted by Gasteiger charge is -2.26. The number of aromatic nitrogens is 1. The average Bonchev–Trinajstić information content (AvgIpc) is 2.88. The number of nitriles is 1. The SMILES string of the molecule is C=C(O)C1CCOc2cc(Oc3ccc(C(=O)Nc4cnc5ccccc5c4)cc3)c(C#N)cc21. The molecular weight excluding hydrogens is 442 g/mol. The van der Waals surface area contributed by atoms with Crippen LogP contribution in [0.15, 0.2) is 85.3 Å². The van der Waals surface area contributed by atoms with E-state index in [4.69, 9.17) is 9.47 Å². The molecule has 1 atom stereocenters. The molecule has 1 aliphatic heterocycles. The number of amides is 1. The van der Waals surface area contributed by atoms with Crippen LogP contribution in [0, 0.1) is 11.3 Å². The van der Waals surface area contributed by atoms with Gasteiger partial charge in [-0.25, -0.2) is 0 Å². The number of para-hydroxylation sites is 1. The number of hydrogen-bond acceptors (Lipinski definition) is 6. The third-order valence-corrected chi connectivity index (χ3v) is 5.87. The van der Waals surface area contributed by atoms with E-state index >= 15 is 0 Å². The Morgan fingerprint density at radius 1 is 1.17 bits per heavy atom. The monoisotopic (exact) mass is 463 g/mol. The van der Waals surface area contributed by atoms with Crippen molar-refractivity contribution in [2.24, 2.45) is 0 Å². The molecule has 3 aromatic carbocycles. The van der Waals surface area contributed by atoms with Gasteiger partial charge in [0.05, 0.1) is 35.3 Å². The van der Waals surface area contributed by atoms with Crippen LogP contribution < -0.4 is 14.8 Å². The lowest BCUT2D eigenvalue weighted by Crippen LogP contribution is -2.16. The summed E-state index contributed by atoms with van der Waals surface area (Å²) in [7, 11) is 0. The summed E-state index contributed by atoms with van der Waals surface area (Å²) in [4.78, 5) is 17.1. The van der Waals surface area contributed by atoms with Crippen molar-refractivity contribution in [1.82, 2.24) is 4.98 Å². The van der Waals surface area contributed by atoms with Crippen LogP contribution in [0.5, 0.6) is 17.2 Å². The molecule has 4 aromatic rings. The number of fused-ring (bicyclic) bond motifs is 2. The highest BCUT2D eigenvalue weighted by Crippen LogP contribution is 2.41. The number of nitrogens with one attached hydrogen (secondary N) is 1. The molecular formula is C28H21N3O4. The molecule has 1 aromatic heterocycles. The van der Waals surface area contributed by atoms with Crippen LogP contribution in [0.3, 0.4) is 0 Å². The van der Waals surface area contributed by atoms with Gasteiger partial charge in [-0.15, -0.1) is 0 Å². The van der Waals surface area contributed by atoms with E-state index in [2.05, 4.69) is 22.9 Å². The minimum Gasteiger partial charge on any atom is -0.512 e. The van der Waals surface area contributed by atoms with Gasteiger partial charge in [-0.2, -0.15) is 5.26 Å². The van der Waals surface area contributed by atoms with Crippen LogP contribution in [-0.2, 0) is 0 Å². The molecule has 0 fully saturated rings. The number of ether oxygens (including phenoxy) is 2. The number of anilines is 1. The number of allylic oxidation sites excluding steroid dienone is 1. The minimum atomic E-state index is -0.282. The molecule has 172 valence electrons. The largest absolute Gasteiger partial charge is 0.512 e. The maximum Gasteiger partial charge on any atom is 0.255 e. The highest BCUT2D eigenvalue weighted by atomic mass is 16.5. The van der Waals surface area contributed by atoms with Gasteiger partial charge >= 0.3 is 0 Å². The second-order valence-corrected chi connectivity index (χ2v) is 8.18. The zero-order valence-electron chi connectivity index (χ0n) is 18.7. The zero-order chi connectivity index (χ0) is 24.4. The van der Waals surface area contributed by atoms with Crippen LogP contribution in [0.2, 0.25) is 0 Å².